The molecule has 0 spiro atoms. The minimum Gasteiger partial charge on any atom is -0.497 e. The summed E-state index contributed by atoms with van der Waals surface area (Å²) in [6.07, 6.45) is 0. The van der Waals surface area contributed by atoms with E-state index in [0.717, 1.165) is 5.56 Å². The van der Waals surface area contributed by atoms with Gasteiger partial charge in [0.05, 0.1) is 22.8 Å². The summed E-state index contributed by atoms with van der Waals surface area (Å²) in [5, 5.41) is -0.712. The first-order valence-corrected chi connectivity index (χ1v) is 8.91. The van der Waals surface area contributed by atoms with E-state index in [-0.39, 0.29) is 17.4 Å². The Hall–Kier alpha value is -1.89. The highest BCUT2D eigenvalue weighted by Gasteiger charge is 2.68. The average molecular weight is 332 g/mol. The lowest BCUT2D eigenvalue weighted by atomic mass is 10.1. The molecule has 0 aromatic heterocycles. The molecule has 3 rings (SSSR count). The van der Waals surface area contributed by atoms with Gasteiger partial charge in [-0.1, -0.05) is 30.3 Å². The van der Waals surface area contributed by atoms with Gasteiger partial charge in [-0.2, -0.15) is 0 Å². The average Bonchev–Trinajstić information content (AvgIpc) is 3.23. The molecule has 0 aliphatic heterocycles. The largest absolute Gasteiger partial charge is 0.497 e. The Morgan fingerprint density at radius 3 is 2.22 bits per heavy atom. The SMILES string of the molecule is COc1ccc(C2C(S(=O)(=O)c3ccccc3)C2(N)CN)cc1. The Morgan fingerprint density at radius 2 is 1.70 bits per heavy atom. The van der Waals surface area contributed by atoms with Crippen LogP contribution in [0.3, 0.4) is 0 Å². The molecule has 1 fully saturated rings. The number of sulfone groups is 1. The molecular weight excluding hydrogens is 312 g/mol. The smallest absolute Gasteiger partial charge is 0.183 e. The van der Waals surface area contributed by atoms with E-state index in [1.54, 1.807) is 49.6 Å². The molecule has 23 heavy (non-hydrogen) atoms. The fourth-order valence-corrected chi connectivity index (χ4v) is 5.53. The van der Waals surface area contributed by atoms with Crippen LogP contribution in [0.2, 0.25) is 0 Å². The summed E-state index contributed by atoms with van der Waals surface area (Å²) < 4.78 is 31.0. The van der Waals surface area contributed by atoms with Gasteiger partial charge in [-0.15, -0.1) is 0 Å². The topological polar surface area (TPSA) is 95.4 Å². The van der Waals surface area contributed by atoms with Crippen molar-refractivity contribution < 1.29 is 13.2 Å². The van der Waals surface area contributed by atoms with Gasteiger partial charge >= 0.3 is 0 Å². The number of benzene rings is 2. The fraction of sp³-hybridized carbons (Fsp3) is 0.294. The number of ether oxygens (including phenoxy) is 1. The molecule has 0 heterocycles. The van der Waals surface area contributed by atoms with E-state index in [4.69, 9.17) is 16.2 Å². The number of rotatable bonds is 5. The summed E-state index contributed by atoms with van der Waals surface area (Å²) in [7, 11) is -1.95. The predicted octanol–water partition coefficient (Wildman–Crippen LogP) is 1.29. The van der Waals surface area contributed by atoms with Gasteiger partial charge in [0.15, 0.2) is 9.84 Å². The maximum Gasteiger partial charge on any atom is 0.183 e. The second-order valence-electron chi connectivity index (χ2n) is 5.85. The predicted molar refractivity (Wildman–Crippen MR) is 89.1 cm³/mol. The first-order chi connectivity index (χ1) is 10.9. The van der Waals surface area contributed by atoms with Crippen molar-refractivity contribution in [1.82, 2.24) is 0 Å². The summed E-state index contributed by atoms with van der Waals surface area (Å²) >= 11 is 0. The van der Waals surface area contributed by atoms with E-state index in [0.29, 0.717) is 5.75 Å². The van der Waals surface area contributed by atoms with Gasteiger partial charge < -0.3 is 16.2 Å². The lowest BCUT2D eigenvalue weighted by Gasteiger charge is -2.09. The molecule has 1 aliphatic rings. The minimum atomic E-state index is -3.53. The number of hydrogen-bond acceptors (Lipinski definition) is 5. The van der Waals surface area contributed by atoms with Crippen LogP contribution in [0.5, 0.6) is 5.75 Å². The molecule has 1 saturated carbocycles. The van der Waals surface area contributed by atoms with Gasteiger partial charge in [-0.3, -0.25) is 0 Å². The number of methoxy groups -OCH3 is 1. The standard InChI is InChI=1S/C17H20N2O3S/c1-22-13-9-7-12(8-10-13)15-16(17(15,19)11-18)23(20,21)14-5-3-2-4-6-14/h2-10,15-16H,11,18-19H2,1H3. The van der Waals surface area contributed by atoms with Gasteiger partial charge in [-0.25, -0.2) is 8.42 Å². The molecule has 122 valence electrons. The zero-order chi connectivity index (χ0) is 16.7. The molecule has 0 radical (unpaired) electrons. The van der Waals surface area contributed by atoms with Crippen molar-refractivity contribution in [3.63, 3.8) is 0 Å². The Morgan fingerprint density at radius 1 is 1.09 bits per heavy atom. The van der Waals surface area contributed by atoms with Gasteiger partial charge in [0.25, 0.3) is 0 Å². The van der Waals surface area contributed by atoms with E-state index >= 15 is 0 Å². The molecule has 2 aromatic rings. The molecule has 0 amide bonds. The molecule has 2 aromatic carbocycles. The highest BCUT2D eigenvalue weighted by atomic mass is 32.2. The molecule has 1 aliphatic carbocycles. The molecule has 4 N–H and O–H groups in total. The quantitative estimate of drug-likeness (QED) is 0.860. The van der Waals surface area contributed by atoms with Crippen molar-refractivity contribution in [2.24, 2.45) is 11.5 Å². The van der Waals surface area contributed by atoms with Crippen LogP contribution >= 0.6 is 0 Å². The second-order valence-corrected chi connectivity index (χ2v) is 7.92. The van der Waals surface area contributed by atoms with E-state index in [1.165, 1.54) is 0 Å². The van der Waals surface area contributed by atoms with Gasteiger partial charge in [-0.05, 0) is 29.8 Å². The van der Waals surface area contributed by atoms with Gasteiger partial charge in [0.1, 0.15) is 5.75 Å². The van der Waals surface area contributed by atoms with Crippen LogP contribution in [0.1, 0.15) is 11.5 Å². The summed E-state index contributed by atoms with van der Waals surface area (Å²) in [5.41, 5.74) is 12.1. The second kappa shape index (κ2) is 5.63. The van der Waals surface area contributed by atoms with Crippen LogP contribution in [-0.4, -0.2) is 32.9 Å². The molecule has 3 unspecified atom stereocenters. The molecule has 5 nitrogen and oxygen atoms in total. The summed E-state index contributed by atoms with van der Waals surface area (Å²) in [5.74, 6) is 0.399. The highest BCUT2D eigenvalue weighted by Crippen LogP contribution is 2.55. The Kier molecular flexibility index (Phi) is 3.91. The van der Waals surface area contributed by atoms with E-state index < -0.39 is 20.6 Å². The van der Waals surface area contributed by atoms with Crippen LogP contribution < -0.4 is 16.2 Å². The van der Waals surface area contributed by atoms with Crippen molar-refractivity contribution in [2.45, 2.75) is 21.6 Å². The van der Waals surface area contributed by atoms with E-state index in [2.05, 4.69) is 0 Å². The summed E-state index contributed by atoms with van der Waals surface area (Å²) in [6.45, 7) is 0.112. The first-order valence-electron chi connectivity index (χ1n) is 7.37. The van der Waals surface area contributed by atoms with Gasteiger partial charge in [0, 0.05) is 12.5 Å². The maximum atomic E-state index is 12.9. The van der Waals surface area contributed by atoms with Crippen molar-refractivity contribution in [1.29, 1.82) is 0 Å². The van der Waals surface area contributed by atoms with Crippen molar-refractivity contribution >= 4 is 9.84 Å². The third-order valence-corrected chi connectivity index (χ3v) is 6.85. The fourth-order valence-electron chi connectivity index (χ4n) is 3.19. The summed E-state index contributed by atoms with van der Waals surface area (Å²) in [4.78, 5) is 0.282. The lowest BCUT2D eigenvalue weighted by molar-refractivity contribution is 0.414. The van der Waals surface area contributed by atoms with Crippen LogP contribution in [-0.2, 0) is 9.84 Å². The molecule has 6 heteroatoms. The molecule has 0 saturated heterocycles. The van der Waals surface area contributed by atoms with Crippen LogP contribution in [0.15, 0.2) is 59.5 Å². The van der Waals surface area contributed by atoms with Crippen LogP contribution in [0, 0.1) is 0 Å². The van der Waals surface area contributed by atoms with E-state index in [1.807, 2.05) is 12.1 Å². The van der Waals surface area contributed by atoms with Crippen LogP contribution in [0.25, 0.3) is 0 Å². The lowest BCUT2D eigenvalue weighted by Crippen LogP contribution is -2.39. The zero-order valence-electron chi connectivity index (χ0n) is 12.8. The van der Waals surface area contributed by atoms with Crippen molar-refractivity contribution in [3.05, 3.63) is 60.2 Å². The Bertz CT molecular complexity index is 790. The summed E-state index contributed by atoms with van der Waals surface area (Å²) in [6, 6.07) is 15.7. The Balaban J connectivity index is 1.98. The first kappa shape index (κ1) is 16.0. The molecular formula is C17H20N2O3S. The number of nitrogens with two attached hydrogens (primary N) is 2. The minimum absolute atomic E-state index is 0.112. The Labute approximate surface area is 136 Å². The van der Waals surface area contributed by atoms with Crippen molar-refractivity contribution in [3.8, 4) is 5.75 Å². The normalized spacial score (nSPS) is 26.7. The van der Waals surface area contributed by atoms with Crippen molar-refractivity contribution in [2.75, 3.05) is 13.7 Å². The third kappa shape index (κ3) is 2.52. The van der Waals surface area contributed by atoms with E-state index in [9.17, 15) is 8.42 Å². The monoisotopic (exact) mass is 332 g/mol. The van der Waals surface area contributed by atoms with Crippen LogP contribution in [0.4, 0.5) is 0 Å². The maximum absolute atomic E-state index is 12.9. The third-order valence-electron chi connectivity index (χ3n) is 4.54. The zero-order valence-corrected chi connectivity index (χ0v) is 13.7. The molecule has 0 bridgehead atoms. The number of hydrogen-bond donors (Lipinski definition) is 2. The molecule has 3 atom stereocenters. The highest BCUT2D eigenvalue weighted by molar-refractivity contribution is 7.92. The van der Waals surface area contributed by atoms with Gasteiger partial charge in [0.2, 0.25) is 0 Å².